The standard InChI is InChI=1S/C24H16ClN3O2/c25-17-5-7-22(20(13-17)24(29)30)27-18-6-8-23-16(11-18)9-10-28(23)19-12-15-3-1-2-4-21(15)26-14-19/h1-14,27H,(H,29,30). The zero-order valence-electron chi connectivity index (χ0n) is 15.7. The maximum atomic E-state index is 11.5. The van der Waals surface area contributed by atoms with Gasteiger partial charge in [0.05, 0.1) is 34.2 Å². The molecule has 0 unspecified atom stereocenters. The van der Waals surface area contributed by atoms with E-state index in [2.05, 4.69) is 20.9 Å². The lowest BCUT2D eigenvalue weighted by Crippen LogP contribution is -2.02. The Morgan fingerprint density at radius 3 is 2.70 bits per heavy atom. The Kier molecular flexibility index (Phi) is 4.38. The van der Waals surface area contributed by atoms with Crippen molar-refractivity contribution in [3.05, 3.63) is 95.8 Å². The van der Waals surface area contributed by atoms with Gasteiger partial charge in [-0.25, -0.2) is 4.79 Å². The highest BCUT2D eigenvalue weighted by Crippen LogP contribution is 2.28. The molecule has 5 nitrogen and oxygen atoms in total. The number of rotatable bonds is 4. The van der Waals surface area contributed by atoms with E-state index in [1.807, 2.05) is 60.9 Å². The van der Waals surface area contributed by atoms with E-state index in [0.717, 1.165) is 33.2 Å². The number of nitrogens with one attached hydrogen (secondary N) is 1. The van der Waals surface area contributed by atoms with Crippen molar-refractivity contribution in [2.75, 3.05) is 5.32 Å². The van der Waals surface area contributed by atoms with E-state index >= 15 is 0 Å². The molecule has 0 amide bonds. The van der Waals surface area contributed by atoms with E-state index in [-0.39, 0.29) is 5.56 Å². The summed E-state index contributed by atoms with van der Waals surface area (Å²) in [4.78, 5) is 16.1. The van der Waals surface area contributed by atoms with E-state index < -0.39 is 5.97 Å². The number of nitrogens with zero attached hydrogens (tertiary/aromatic N) is 2. The molecular formula is C24H16ClN3O2. The number of para-hydroxylation sites is 1. The minimum atomic E-state index is -1.03. The molecule has 5 aromatic rings. The van der Waals surface area contributed by atoms with Gasteiger partial charge in [0, 0.05) is 27.7 Å². The molecule has 0 radical (unpaired) electrons. The predicted octanol–water partition coefficient (Wildman–Crippen LogP) is 6.27. The Bertz CT molecular complexity index is 1420. The Balaban J connectivity index is 1.52. The van der Waals surface area contributed by atoms with Crippen LogP contribution in [0.4, 0.5) is 11.4 Å². The molecule has 0 saturated carbocycles. The third kappa shape index (κ3) is 3.25. The van der Waals surface area contributed by atoms with E-state index in [4.69, 9.17) is 11.6 Å². The number of hydrogen-bond donors (Lipinski definition) is 2. The van der Waals surface area contributed by atoms with Crippen LogP contribution in [0, 0.1) is 0 Å². The number of fused-ring (bicyclic) bond motifs is 2. The summed E-state index contributed by atoms with van der Waals surface area (Å²) in [5, 5.41) is 15.1. The first-order valence-electron chi connectivity index (χ1n) is 9.35. The highest BCUT2D eigenvalue weighted by Gasteiger charge is 2.12. The number of pyridine rings is 1. The number of halogens is 1. The highest BCUT2D eigenvalue weighted by atomic mass is 35.5. The predicted molar refractivity (Wildman–Crippen MR) is 120 cm³/mol. The quantitative estimate of drug-likeness (QED) is 0.364. The van der Waals surface area contributed by atoms with Gasteiger partial charge >= 0.3 is 5.97 Å². The zero-order chi connectivity index (χ0) is 20.7. The molecule has 0 aliphatic heterocycles. The van der Waals surface area contributed by atoms with Gasteiger partial charge in [-0.15, -0.1) is 0 Å². The fraction of sp³-hybridized carbons (Fsp3) is 0. The zero-order valence-corrected chi connectivity index (χ0v) is 16.5. The molecule has 3 aromatic carbocycles. The van der Waals surface area contributed by atoms with Crippen molar-refractivity contribution in [3.63, 3.8) is 0 Å². The van der Waals surface area contributed by atoms with Crippen LogP contribution < -0.4 is 5.32 Å². The number of aromatic carboxylic acids is 1. The maximum absolute atomic E-state index is 11.5. The Hall–Kier alpha value is -3.83. The molecule has 30 heavy (non-hydrogen) atoms. The Labute approximate surface area is 177 Å². The molecule has 0 atom stereocenters. The summed E-state index contributed by atoms with van der Waals surface area (Å²) in [6, 6.07) is 22.8. The van der Waals surface area contributed by atoms with Crippen molar-refractivity contribution in [2.24, 2.45) is 0 Å². The van der Waals surface area contributed by atoms with Gasteiger partial charge in [0.15, 0.2) is 0 Å². The molecule has 146 valence electrons. The van der Waals surface area contributed by atoms with Crippen LogP contribution in [-0.4, -0.2) is 20.6 Å². The van der Waals surface area contributed by atoms with Crippen molar-refractivity contribution in [2.45, 2.75) is 0 Å². The first-order valence-corrected chi connectivity index (χ1v) is 9.72. The van der Waals surface area contributed by atoms with Crippen LogP contribution in [0.25, 0.3) is 27.5 Å². The summed E-state index contributed by atoms with van der Waals surface area (Å²) in [7, 11) is 0. The van der Waals surface area contributed by atoms with Crippen LogP contribution in [0.5, 0.6) is 0 Å². The van der Waals surface area contributed by atoms with Gasteiger partial charge < -0.3 is 15.0 Å². The smallest absolute Gasteiger partial charge is 0.337 e. The third-order valence-electron chi connectivity index (χ3n) is 5.04. The lowest BCUT2D eigenvalue weighted by molar-refractivity contribution is 0.0698. The monoisotopic (exact) mass is 413 g/mol. The molecule has 2 aromatic heterocycles. The average molecular weight is 414 g/mol. The van der Waals surface area contributed by atoms with Crippen LogP contribution in [0.3, 0.4) is 0 Å². The summed E-state index contributed by atoms with van der Waals surface area (Å²) in [5.41, 5.74) is 4.39. The van der Waals surface area contributed by atoms with E-state index in [1.54, 1.807) is 12.1 Å². The Morgan fingerprint density at radius 2 is 1.83 bits per heavy atom. The van der Waals surface area contributed by atoms with Crippen molar-refractivity contribution in [3.8, 4) is 5.69 Å². The molecule has 2 N–H and O–H groups in total. The Morgan fingerprint density at radius 1 is 0.967 bits per heavy atom. The molecule has 0 fully saturated rings. The topological polar surface area (TPSA) is 67.2 Å². The van der Waals surface area contributed by atoms with Gasteiger partial charge in [0.25, 0.3) is 0 Å². The molecule has 2 heterocycles. The van der Waals surface area contributed by atoms with Crippen LogP contribution in [0.2, 0.25) is 5.02 Å². The van der Waals surface area contributed by atoms with E-state index in [9.17, 15) is 9.90 Å². The number of carbonyl (C=O) groups is 1. The SMILES string of the molecule is O=C(O)c1cc(Cl)ccc1Nc1ccc2c(ccn2-c2cnc3ccccc3c2)c1. The molecule has 0 aliphatic carbocycles. The summed E-state index contributed by atoms with van der Waals surface area (Å²) in [6.45, 7) is 0. The second kappa shape index (κ2) is 7.21. The number of carboxylic acids is 1. The third-order valence-corrected chi connectivity index (χ3v) is 5.27. The number of benzene rings is 3. The van der Waals surface area contributed by atoms with Crippen LogP contribution in [0.1, 0.15) is 10.4 Å². The minimum absolute atomic E-state index is 0.127. The highest BCUT2D eigenvalue weighted by molar-refractivity contribution is 6.31. The molecule has 5 rings (SSSR count). The second-order valence-corrected chi connectivity index (χ2v) is 7.40. The van der Waals surface area contributed by atoms with Crippen LogP contribution in [-0.2, 0) is 0 Å². The normalized spacial score (nSPS) is 11.1. The first-order chi connectivity index (χ1) is 14.6. The van der Waals surface area contributed by atoms with Gasteiger partial charge in [-0.05, 0) is 54.6 Å². The summed E-state index contributed by atoms with van der Waals surface area (Å²) < 4.78 is 2.09. The lowest BCUT2D eigenvalue weighted by atomic mass is 10.1. The van der Waals surface area contributed by atoms with E-state index in [1.165, 1.54) is 6.07 Å². The van der Waals surface area contributed by atoms with Gasteiger partial charge in [-0.2, -0.15) is 0 Å². The maximum Gasteiger partial charge on any atom is 0.337 e. The number of aromatic nitrogens is 2. The van der Waals surface area contributed by atoms with Gasteiger partial charge in [-0.1, -0.05) is 29.8 Å². The first kappa shape index (κ1) is 18.2. The number of hydrogen-bond acceptors (Lipinski definition) is 3. The van der Waals surface area contributed by atoms with Crippen molar-refractivity contribution < 1.29 is 9.90 Å². The van der Waals surface area contributed by atoms with Crippen LogP contribution in [0.15, 0.2) is 85.2 Å². The van der Waals surface area contributed by atoms with Crippen molar-refractivity contribution in [1.82, 2.24) is 9.55 Å². The van der Waals surface area contributed by atoms with Gasteiger partial charge in [-0.3, -0.25) is 4.98 Å². The van der Waals surface area contributed by atoms with Crippen molar-refractivity contribution in [1.29, 1.82) is 0 Å². The summed E-state index contributed by atoms with van der Waals surface area (Å²) in [6.07, 6.45) is 3.87. The second-order valence-electron chi connectivity index (χ2n) is 6.97. The molecule has 0 saturated heterocycles. The molecular weight excluding hydrogens is 398 g/mol. The number of anilines is 2. The molecule has 0 bridgehead atoms. The molecule has 6 heteroatoms. The lowest BCUT2D eigenvalue weighted by Gasteiger charge is -2.11. The molecule has 0 aliphatic rings. The summed E-state index contributed by atoms with van der Waals surface area (Å²) in [5.74, 6) is -1.03. The van der Waals surface area contributed by atoms with E-state index in [0.29, 0.717) is 10.7 Å². The van der Waals surface area contributed by atoms with Crippen LogP contribution >= 0.6 is 11.6 Å². The van der Waals surface area contributed by atoms with Gasteiger partial charge in [0.1, 0.15) is 0 Å². The number of carboxylic acid groups (broad SMARTS) is 1. The minimum Gasteiger partial charge on any atom is -0.478 e. The summed E-state index contributed by atoms with van der Waals surface area (Å²) >= 11 is 5.94. The largest absolute Gasteiger partial charge is 0.478 e. The fourth-order valence-corrected chi connectivity index (χ4v) is 3.77. The average Bonchev–Trinajstić information content (AvgIpc) is 3.18. The molecule has 0 spiro atoms. The fourth-order valence-electron chi connectivity index (χ4n) is 3.59. The van der Waals surface area contributed by atoms with Gasteiger partial charge in [0.2, 0.25) is 0 Å². The van der Waals surface area contributed by atoms with Crippen molar-refractivity contribution >= 4 is 50.8 Å².